The van der Waals surface area contributed by atoms with Crippen LogP contribution in [0.15, 0.2) is 0 Å². The summed E-state index contributed by atoms with van der Waals surface area (Å²) in [5.74, 6) is 0.878. The molecule has 1 saturated heterocycles. The molecule has 114 valence electrons. The fourth-order valence-corrected chi connectivity index (χ4v) is 3.58. The van der Waals surface area contributed by atoms with E-state index in [0.29, 0.717) is 23.5 Å². The molecule has 2 aliphatic rings. The molecule has 0 aromatic heterocycles. The number of amides is 1. The summed E-state index contributed by atoms with van der Waals surface area (Å²) >= 11 is 4.93. The third-order valence-corrected chi connectivity index (χ3v) is 4.66. The minimum absolute atomic E-state index is 0.254. The number of nitrogens with one attached hydrogen (secondary N) is 1. The zero-order valence-corrected chi connectivity index (χ0v) is 13.1. The Labute approximate surface area is 127 Å². The van der Waals surface area contributed by atoms with E-state index in [4.69, 9.17) is 18.0 Å². The normalized spacial score (nSPS) is 22.6. The number of nitrogens with zero attached hydrogens (tertiary/aromatic N) is 1. The summed E-state index contributed by atoms with van der Waals surface area (Å²) in [5, 5.41) is 3.21. The van der Waals surface area contributed by atoms with Crippen LogP contribution in [-0.2, 0) is 4.79 Å². The zero-order chi connectivity index (χ0) is 14.4. The molecule has 3 N–H and O–H groups in total. The van der Waals surface area contributed by atoms with Crippen LogP contribution in [0.4, 0.5) is 0 Å². The molecule has 1 aliphatic carbocycles. The van der Waals surface area contributed by atoms with E-state index in [0.717, 1.165) is 32.4 Å². The number of rotatable bonds is 5. The van der Waals surface area contributed by atoms with Gasteiger partial charge in [-0.05, 0) is 31.6 Å². The molecule has 1 heterocycles. The van der Waals surface area contributed by atoms with Gasteiger partial charge in [0.15, 0.2) is 0 Å². The first kappa shape index (κ1) is 15.7. The molecule has 0 unspecified atom stereocenters. The van der Waals surface area contributed by atoms with Crippen molar-refractivity contribution < 1.29 is 4.79 Å². The highest BCUT2D eigenvalue weighted by atomic mass is 32.1. The van der Waals surface area contributed by atoms with Crippen molar-refractivity contribution >= 4 is 23.1 Å². The van der Waals surface area contributed by atoms with Crippen LogP contribution >= 0.6 is 12.2 Å². The molecule has 0 radical (unpaired) electrons. The van der Waals surface area contributed by atoms with Gasteiger partial charge in [-0.25, -0.2) is 0 Å². The van der Waals surface area contributed by atoms with E-state index in [-0.39, 0.29) is 5.91 Å². The zero-order valence-electron chi connectivity index (χ0n) is 12.3. The van der Waals surface area contributed by atoms with Crippen molar-refractivity contribution in [3.63, 3.8) is 0 Å². The minimum Gasteiger partial charge on any atom is -0.392 e. The lowest BCUT2D eigenvalue weighted by atomic mass is 9.86. The molecule has 1 saturated carbocycles. The molecule has 0 spiro atoms. The number of nitrogens with two attached hydrogens (primary N) is 1. The number of thiocarbonyl (C=S) groups is 1. The molecule has 1 aliphatic heterocycles. The van der Waals surface area contributed by atoms with Crippen LogP contribution in [0.5, 0.6) is 0 Å². The van der Waals surface area contributed by atoms with E-state index >= 15 is 0 Å². The van der Waals surface area contributed by atoms with Crippen LogP contribution in [0, 0.1) is 5.92 Å². The molecule has 1 amide bonds. The monoisotopic (exact) mass is 297 g/mol. The van der Waals surface area contributed by atoms with Gasteiger partial charge in [0.05, 0.1) is 4.99 Å². The Morgan fingerprint density at radius 3 is 2.40 bits per heavy atom. The summed E-state index contributed by atoms with van der Waals surface area (Å²) < 4.78 is 0. The molecule has 5 heteroatoms. The van der Waals surface area contributed by atoms with Gasteiger partial charge < -0.3 is 11.1 Å². The van der Waals surface area contributed by atoms with E-state index in [9.17, 15) is 4.79 Å². The van der Waals surface area contributed by atoms with Gasteiger partial charge in [-0.3, -0.25) is 9.69 Å². The number of hydrogen-bond donors (Lipinski definition) is 2. The fourth-order valence-electron chi connectivity index (χ4n) is 3.40. The summed E-state index contributed by atoms with van der Waals surface area (Å²) in [7, 11) is 0. The maximum Gasteiger partial charge on any atom is 0.220 e. The van der Waals surface area contributed by atoms with Crippen molar-refractivity contribution in [1.82, 2.24) is 10.2 Å². The Bertz CT molecular complexity index is 334. The molecule has 0 aromatic carbocycles. The predicted octanol–water partition coefficient (Wildman–Crippen LogP) is 1.82. The van der Waals surface area contributed by atoms with E-state index in [1.807, 2.05) is 0 Å². The average Bonchev–Trinajstić information content (AvgIpc) is 2.41. The molecule has 2 rings (SSSR count). The maximum absolute atomic E-state index is 12.1. The summed E-state index contributed by atoms with van der Waals surface area (Å²) in [4.78, 5) is 14.9. The highest BCUT2D eigenvalue weighted by Gasteiger charge is 2.22. The molecule has 0 atom stereocenters. The molecule has 2 fully saturated rings. The molecular formula is C15H27N3OS. The fraction of sp³-hybridized carbons (Fsp3) is 0.867. The summed E-state index contributed by atoms with van der Waals surface area (Å²) in [6, 6.07) is 0.341. The highest BCUT2D eigenvalue weighted by Crippen LogP contribution is 2.26. The van der Waals surface area contributed by atoms with Crippen molar-refractivity contribution in [3.8, 4) is 0 Å². The Balaban J connectivity index is 1.64. The van der Waals surface area contributed by atoms with Gasteiger partial charge in [0.1, 0.15) is 0 Å². The van der Waals surface area contributed by atoms with E-state index in [2.05, 4.69) is 10.2 Å². The van der Waals surface area contributed by atoms with Crippen LogP contribution in [0.2, 0.25) is 0 Å². The average molecular weight is 297 g/mol. The summed E-state index contributed by atoms with van der Waals surface area (Å²) in [6.45, 7) is 2.66. The second-order valence-electron chi connectivity index (χ2n) is 6.29. The van der Waals surface area contributed by atoms with Crippen LogP contribution in [0.3, 0.4) is 0 Å². The van der Waals surface area contributed by atoms with E-state index in [1.165, 1.54) is 32.1 Å². The van der Waals surface area contributed by atoms with Crippen molar-refractivity contribution in [2.45, 2.75) is 57.4 Å². The number of piperidine rings is 1. The first-order valence-electron chi connectivity index (χ1n) is 7.93. The Hall–Kier alpha value is -0.680. The van der Waals surface area contributed by atoms with Crippen LogP contribution in [-0.4, -0.2) is 41.5 Å². The smallest absolute Gasteiger partial charge is 0.220 e. The number of hydrogen-bond acceptors (Lipinski definition) is 3. The quantitative estimate of drug-likeness (QED) is 0.760. The van der Waals surface area contributed by atoms with E-state index in [1.54, 1.807) is 0 Å². The lowest BCUT2D eigenvalue weighted by Gasteiger charge is -2.32. The molecule has 0 aromatic rings. The Kier molecular flexibility index (Phi) is 6.23. The van der Waals surface area contributed by atoms with Gasteiger partial charge in [-0.2, -0.15) is 0 Å². The topological polar surface area (TPSA) is 58.4 Å². The van der Waals surface area contributed by atoms with Gasteiger partial charge in [0, 0.05) is 32.1 Å². The predicted molar refractivity (Wildman–Crippen MR) is 85.6 cm³/mol. The maximum atomic E-state index is 12.1. The lowest BCUT2D eigenvalue weighted by Crippen LogP contribution is -2.46. The molecule has 4 nitrogen and oxygen atoms in total. The number of carbonyl (C=O) groups is 1. The molecular weight excluding hydrogens is 270 g/mol. The van der Waals surface area contributed by atoms with Crippen molar-refractivity contribution in [1.29, 1.82) is 0 Å². The Morgan fingerprint density at radius 2 is 1.80 bits per heavy atom. The van der Waals surface area contributed by atoms with Gasteiger partial charge in [0.2, 0.25) is 5.91 Å². The first-order chi connectivity index (χ1) is 9.63. The third kappa shape index (κ3) is 5.37. The van der Waals surface area contributed by atoms with Crippen molar-refractivity contribution in [2.24, 2.45) is 11.7 Å². The van der Waals surface area contributed by atoms with Crippen molar-refractivity contribution in [3.05, 3.63) is 0 Å². The Morgan fingerprint density at radius 1 is 1.15 bits per heavy atom. The third-order valence-electron chi connectivity index (χ3n) is 4.53. The van der Waals surface area contributed by atoms with Crippen LogP contribution < -0.4 is 11.1 Å². The minimum atomic E-state index is 0.254. The van der Waals surface area contributed by atoms with E-state index < -0.39 is 0 Å². The SMILES string of the molecule is NC(=S)CN1CCC(NC(=O)CC2CCCCC2)CC1. The first-order valence-corrected chi connectivity index (χ1v) is 8.34. The van der Waals surface area contributed by atoms with Gasteiger partial charge in [-0.1, -0.05) is 31.5 Å². The summed E-state index contributed by atoms with van der Waals surface area (Å²) in [5.41, 5.74) is 5.56. The van der Waals surface area contributed by atoms with Crippen LogP contribution in [0.1, 0.15) is 51.4 Å². The second-order valence-corrected chi connectivity index (χ2v) is 6.82. The lowest BCUT2D eigenvalue weighted by molar-refractivity contribution is -0.123. The standard InChI is InChI=1S/C15H27N3OS/c16-14(20)11-18-8-6-13(7-9-18)17-15(19)10-12-4-2-1-3-5-12/h12-13H,1-11H2,(H2,16,20)(H,17,19). The molecule has 20 heavy (non-hydrogen) atoms. The van der Waals surface area contributed by atoms with Gasteiger partial charge in [-0.15, -0.1) is 0 Å². The highest BCUT2D eigenvalue weighted by molar-refractivity contribution is 7.80. The number of carbonyl (C=O) groups excluding carboxylic acids is 1. The number of likely N-dealkylation sites (tertiary alicyclic amines) is 1. The van der Waals surface area contributed by atoms with Gasteiger partial charge in [0.25, 0.3) is 0 Å². The second kappa shape index (κ2) is 7.93. The van der Waals surface area contributed by atoms with Crippen molar-refractivity contribution in [2.75, 3.05) is 19.6 Å². The largest absolute Gasteiger partial charge is 0.392 e. The summed E-state index contributed by atoms with van der Waals surface area (Å²) in [6.07, 6.45) is 9.18. The molecule has 0 bridgehead atoms. The van der Waals surface area contributed by atoms with Gasteiger partial charge >= 0.3 is 0 Å². The van der Waals surface area contributed by atoms with Crippen LogP contribution in [0.25, 0.3) is 0 Å².